The fraction of sp³-hybridized carbons (Fsp3) is 0.278. The van der Waals surface area contributed by atoms with Crippen molar-refractivity contribution in [3.05, 3.63) is 58.1 Å². The molecule has 3 heterocycles. The molecule has 4 rings (SSSR count). The van der Waals surface area contributed by atoms with Crippen LogP contribution in [-0.4, -0.2) is 19.7 Å². The molecular weight excluding hydrogens is 327 g/mol. The first-order chi connectivity index (χ1) is 11.6. The van der Waals surface area contributed by atoms with E-state index in [1.54, 1.807) is 6.20 Å². The highest BCUT2D eigenvalue weighted by Gasteiger charge is 2.23. The summed E-state index contributed by atoms with van der Waals surface area (Å²) in [5.74, 6) is 1.47. The zero-order valence-electron chi connectivity index (χ0n) is 13.5. The van der Waals surface area contributed by atoms with E-state index in [-0.39, 0.29) is 5.82 Å². The summed E-state index contributed by atoms with van der Waals surface area (Å²) in [6.45, 7) is 3.86. The standard InChI is InChI=1S/C18H16ClFN4/c1-3-13-14(8-21-9-16(13)20)12-6-11-4-5-17-23-22-10(2)24(17)18(11)15(19)7-12/h6-9H,3-5H2,1-2H3. The van der Waals surface area contributed by atoms with Crippen LogP contribution in [0, 0.1) is 12.7 Å². The molecule has 0 unspecified atom stereocenters. The maximum atomic E-state index is 14.1. The van der Waals surface area contributed by atoms with Gasteiger partial charge in [-0.2, -0.15) is 0 Å². The SMILES string of the molecule is CCc1c(F)cncc1-c1cc(Cl)c2c(c1)CCc1nnc(C)n1-2. The third-order valence-corrected chi connectivity index (χ3v) is 4.83. The van der Waals surface area contributed by atoms with Crippen molar-refractivity contribution in [2.75, 3.05) is 0 Å². The molecule has 0 amide bonds. The molecule has 0 spiro atoms. The summed E-state index contributed by atoms with van der Waals surface area (Å²) in [4.78, 5) is 4.01. The number of fused-ring (bicyclic) bond motifs is 3. The topological polar surface area (TPSA) is 43.6 Å². The summed E-state index contributed by atoms with van der Waals surface area (Å²) in [5, 5.41) is 8.99. The maximum absolute atomic E-state index is 14.1. The Morgan fingerprint density at radius 3 is 2.83 bits per heavy atom. The van der Waals surface area contributed by atoms with E-state index < -0.39 is 0 Å². The summed E-state index contributed by atoms with van der Waals surface area (Å²) >= 11 is 6.60. The van der Waals surface area contributed by atoms with Crippen LogP contribution in [-0.2, 0) is 19.3 Å². The molecular formula is C18H16ClFN4. The number of benzene rings is 1. The Bertz CT molecular complexity index is 948. The molecule has 3 aromatic rings. The predicted octanol–water partition coefficient (Wildman–Crippen LogP) is 4.09. The molecule has 0 bridgehead atoms. The molecule has 24 heavy (non-hydrogen) atoms. The van der Waals surface area contributed by atoms with E-state index in [1.165, 1.54) is 6.20 Å². The molecule has 0 saturated carbocycles. The van der Waals surface area contributed by atoms with Gasteiger partial charge in [0.15, 0.2) is 0 Å². The van der Waals surface area contributed by atoms with E-state index in [0.717, 1.165) is 46.9 Å². The highest BCUT2D eigenvalue weighted by atomic mass is 35.5. The number of hydrogen-bond donors (Lipinski definition) is 0. The maximum Gasteiger partial charge on any atom is 0.145 e. The third-order valence-electron chi connectivity index (χ3n) is 4.55. The number of nitrogens with zero attached hydrogens (tertiary/aromatic N) is 4. The van der Waals surface area contributed by atoms with Crippen LogP contribution < -0.4 is 0 Å². The van der Waals surface area contributed by atoms with Crippen LogP contribution in [0.2, 0.25) is 5.02 Å². The van der Waals surface area contributed by atoms with Crippen molar-refractivity contribution >= 4 is 11.6 Å². The van der Waals surface area contributed by atoms with Crippen molar-refractivity contribution in [1.29, 1.82) is 0 Å². The Balaban J connectivity index is 1.93. The normalized spacial score (nSPS) is 12.8. The quantitative estimate of drug-likeness (QED) is 0.704. The zero-order chi connectivity index (χ0) is 16.8. The summed E-state index contributed by atoms with van der Waals surface area (Å²) in [7, 11) is 0. The summed E-state index contributed by atoms with van der Waals surface area (Å²) in [6, 6.07) is 3.96. The van der Waals surface area contributed by atoms with Gasteiger partial charge in [-0.3, -0.25) is 9.55 Å². The number of aromatic nitrogens is 4. The zero-order valence-corrected chi connectivity index (χ0v) is 14.2. The molecule has 0 saturated heterocycles. The number of rotatable bonds is 2. The van der Waals surface area contributed by atoms with Crippen molar-refractivity contribution in [2.24, 2.45) is 0 Å². The van der Waals surface area contributed by atoms with Gasteiger partial charge in [-0.05, 0) is 48.6 Å². The fourth-order valence-corrected chi connectivity index (χ4v) is 3.75. The van der Waals surface area contributed by atoms with Crippen molar-refractivity contribution in [3.8, 4) is 16.8 Å². The van der Waals surface area contributed by atoms with E-state index in [9.17, 15) is 4.39 Å². The summed E-state index contributed by atoms with van der Waals surface area (Å²) in [6.07, 6.45) is 5.22. The molecule has 6 heteroatoms. The van der Waals surface area contributed by atoms with Gasteiger partial charge < -0.3 is 0 Å². The minimum atomic E-state index is -0.277. The predicted molar refractivity (Wildman–Crippen MR) is 91.1 cm³/mol. The van der Waals surface area contributed by atoms with E-state index in [0.29, 0.717) is 17.0 Å². The van der Waals surface area contributed by atoms with Crippen LogP contribution >= 0.6 is 11.6 Å². The van der Waals surface area contributed by atoms with E-state index in [4.69, 9.17) is 11.6 Å². The Morgan fingerprint density at radius 2 is 2.04 bits per heavy atom. The van der Waals surface area contributed by atoms with Gasteiger partial charge in [-0.1, -0.05) is 18.5 Å². The minimum Gasteiger partial charge on any atom is -0.281 e. The highest BCUT2D eigenvalue weighted by molar-refractivity contribution is 6.33. The number of pyridine rings is 1. The highest BCUT2D eigenvalue weighted by Crippen LogP contribution is 2.36. The van der Waals surface area contributed by atoms with Crippen LogP contribution in [0.1, 0.15) is 29.7 Å². The summed E-state index contributed by atoms with van der Waals surface area (Å²) in [5.41, 5.74) is 4.43. The lowest BCUT2D eigenvalue weighted by molar-refractivity contribution is 0.606. The lowest BCUT2D eigenvalue weighted by Crippen LogP contribution is -2.14. The third kappa shape index (κ3) is 2.23. The lowest BCUT2D eigenvalue weighted by Gasteiger charge is -2.22. The lowest BCUT2D eigenvalue weighted by atomic mass is 9.94. The van der Waals surface area contributed by atoms with Gasteiger partial charge in [0.2, 0.25) is 0 Å². The first-order valence-corrected chi connectivity index (χ1v) is 8.34. The average Bonchev–Trinajstić information content (AvgIpc) is 2.95. The van der Waals surface area contributed by atoms with Gasteiger partial charge in [0.1, 0.15) is 17.5 Å². The molecule has 122 valence electrons. The molecule has 4 nitrogen and oxygen atoms in total. The van der Waals surface area contributed by atoms with E-state index in [2.05, 4.69) is 21.2 Å². The number of hydrogen-bond acceptors (Lipinski definition) is 3. The monoisotopic (exact) mass is 342 g/mol. The average molecular weight is 343 g/mol. The smallest absolute Gasteiger partial charge is 0.145 e. The Morgan fingerprint density at radius 1 is 1.21 bits per heavy atom. The van der Waals surface area contributed by atoms with Crippen LogP contribution in [0.25, 0.3) is 16.8 Å². The van der Waals surface area contributed by atoms with Gasteiger partial charge in [0, 0.05) is 18.2 Å². The molecule has 2 aromatic heterocycles. The van der Waals surface area contributed by atoms with Crippen molar-refractivity contribution in [2.45, 2.75) is 33.1 Å². The second-order valence-corrected chi connectivity index (χ2v) is 6.37. The van der Waals surface area contributed by atoms with Gasteiger partial charge in [-0.15, -0.1) is 10.2 Å². The molecule has 0 aliphatic carbocycles. The van der Waals surface area contributed by atoms with Gasteiger partial charge in [-0.25, -0.2) is 4.39 Å². The molecule has 0 atom stereocenters. The summed E-state index contributed by atoms with van der Waals surface area (Å²) < 4.78 is 16.1. The van der Waals surface area contributed by atoms with Crippen molar-refractivity contribution < 1.29 is 4.39 Å². The molecule has 1 aromatic carbocycles. The number of aryl methyl sites for hydroxylation is 3. The molecule has 1 aliphatic rings. The number of halogens is 2. The second-order valence-electron chi connectivity index (χ2n) is 5.97. The first kappa shape index (κ1) is 15.3. The van der Waals surface area contributed by atoms with E-state index >= 15 is 0 Å². The fourth-order valence-electron chi connectivity index (χ4n) is 3.43. The minimum absolute atomic E-state index is 0.277. The second kappa shape index (κ2) is 5.67. The van der Waals surface area contributed by atoms with Crippen LogP contribution in [0.4, 0.5) is 4.39 Å². The van der Waals surface area contributed by atoms with E-state index in [1.807, 2.05) is 24.5 Å². The molecule has 1 aliphatic heterocycles. The molecule has 0 radical (unpaired) electrons. The van der Waals surface area contributed by atoms with Crippen LogP contribution in [0.3, 0.4) is 0 Å². The van der Waals surface area contributed by atoms with Crippen LogP contribution in [0.5, 0.6) is 0 Å². The van der Waals surface area contributed by atoms with Gasteiger partial charge in [0.05, 0.1) is 16.9 Å². The Hall–Kier alpha value is -2.27. The Labute approximate surface area is 144 Å². The van der Waals surface area contributed by atoms with Gasteiger partial charge >= 0.3 is 0 Å². The van der Waals surface area contributed by atoms with Crippen molar-refractivity contribution in [3.63, 3.8) is 0 Å². The van der Waals surface area contributed by atoms with Gasteiger partial charge in [0.25, 0.3) is 0 Å². The Kier molecular flexibility index (Phi) is 3.61. The van der Waals surface area contributed by atoms with Crippen LogP contribution in [0.15, 0.2) is 24.5 Å². The molecule has 0 N–H and O–H groups in total. The largest absolute Gasteiger partial charge is 0.281 e. The molecule has 0 fully saturated rings. The first-order valence-electron chi connectivity index (χ1n) is 7.96. The van der Waals surface area contributed by atoms with Crippen molar-refractivity contribution in [1.82, 2.24) is 19.7 Å².